The van der Waals surface area contributed by atoms with Gasteiger partial charge in [-0.25, -0.2) is 0 Å². The minimum Gasteiger partial charge on any atom is -0.361 e. The van der Waals surface area contributed by atoms with E-state index < -0.39 is 10.8 Å². The Morgan fingerprint density at radius 3 is 2.32 bits per heavy atom. The Labute approximate surface area is 167 Å². The molecular formula is C23H32N2O3. The Kier molecular flexibility index (Phi) is 6.48. The van der Waals surface area contributed by atoms with Gasteiger partial charge < -0.3 is 10.3 Å². The van der Waals surface area contributed by atoms with Gasteiger partial charge in [-0.1, -0.05) is 39.0 Å². The number of carbonyl (C=O) groups excluding carboxylic acids is 3. The van der Waals surface area contributed by atoms with Gasteiger partial charge in [0.1, 0.15) is 11.6 Å². The topological polar surface area (TPSA) is 79.0 Å². The van der Waals surface area contributed by atoms with Crippen molar-refractivity contribution >= 4 is 28.4 Å². The number of hydrogen-bond acceptors (Lipinski definition) is 3. The largest absolute Gasteiger partial charge is 0.361 e. The molecule has 2 rings (SSSR count). The van der Waals surface area contributed by atoms with Crippen LogP contribution in [0, 0.1) is 10.8 Å². The lowest BCUT2D eigenvalue weighted by molar-refractivity contribution is -0.138. The Bertz CT molecular complexity index is 871. The van der Waals surface area contributed by atoms with Crippen LogP contribution in [0.2, 0.25) is 0 Å². The highest BCUT2D eigenvalue weighted by atomic mass is 16.2. The molecule has 0 aliphatic carbocycles. The van der Waals surface area contributed by atoms with Crippen LogP contribution in [-0.4, -0.2) is 28.5 Å². The third-order valence-corrected chi connectivity index (χ3v) is 5.45. The molecule has 0 fully saturated rings. The molecule has 1 heterocycles. The lowest BCUT2D eigenvalue weighted by Crippen LogP contribution is -2.43. The second-order valence-electron chi connectivity index (χ2n) is 9.13. The molecule has 5 heteroatoms. The predicted molar refractivity (Wildman–Crippen MR) is 112 cm³/mol. The van der Waals surface area contributed by atoms with E-state index in [9.17, 15) is 14.4 Å². The molecule has 0 aliphatic rings. The highest BCUT2D eigenvalue weighted by molar-refractivity contribution is 6.05. The van der Waals surface area contributed by atoms with E-state index in [1.165, 1.54) is 6.92 Å². The van der Waals surface area contributed by atoms with Gasteiger partial charge in [-0.3, -0.25) is 14.4 Å². The second kappa shape index (κ2) is 8.29. The first-order chi connectivity index (χ1) is 12.9. The molecule has 152 valence electrons. The van der Waals surface area contributed by atoms with Gasteiger partial charge in [-0.2, -0.15) is 0 Å². The highest BCUT2D eigenvalue weighted by Crippen LogP contribution is 2.24. The molecular weight excluding hydrogens is 352 g/mol. The van der Waals surface area contributed by atoms with Crippen LogP contribution in [0.5, 0.6) is 0 Å². The summed E-state index contributed by atoms with van der Waals surface area (Å²) in [7, 11) is 0. The van der Waals surface area contributed by atoms with Crippen LogP contribution in [0.1, 0.15) is 59.9 Å². The standard InChI is InChI=1S/C23H32N2O3/c1-15(26)23(5,6)20(27)12-11-17(25-21(28)22(2,3)4)13-16-14-24-19-10-8-7-9-18(16)19/h7-10,14,17,24H,11-13H2,1-6H3,(H,25,28)/t17-/m0/s1. The fourth-order valence-corrected chi connectivity index (χ4v) is 3.01. The van der Waals surface area contributed by atoms with E-state index in [0.29, 0.717) is 12.8 Å². The first kappa shape index (κ1) is 21.9. The van der Waals surface area contributed by atoms with E-state index in [4.69, 9.17) is 0 Å². The number of aromatic nitrogens is 1. The van der Waals surface area contributed by atoms with E-state index >= 15 is 0 Å². The highest BCUT2D eigenvalue weighted by Gasteiger charge is 2.33. The Morgan fingerprint density at radius 1 is 1.07 bits per heavy atom. The number of carbonyl (C=O) groups is 3. The number of amides is 1. The summed E-state index contributed by atoms with van der Waals surface area (Å²) in [5, 5.41) is 4.22. The van der Waals surface area contributed by atoms with E-state index in [1.807, 2.05) is 51.2 Å². The average molecular weight is 385 g/mol. The van der Waals surface area contributed by atoms with Crippen molar-refractivity contribution < 1.29 is 14.4 Å². The summed E-state index contributed by atoms with van der Waals surface area (Å²) in [4.78, 5) is 40.2. The summed E-state index contributed by atoms with van der Waals surface area (Å²) in [5.74, 6) is -0.269. The van der Waals surface area contributed by atoms with Gasteiger partial charge in [-0.15, -0.1) is 0 Å². The third-order valence-electron chi connectivity index (χ3n) is 5.45. The minimum absolute atomic E-state index is 0.0457. The number of aromatic amines is 1. The molecule has 0 saturated heterocycles. The molecule has 5 nitrogen and oxygen atoms in total. The van der Waals surface area contributed by atoms with Crippen LogP contribution < -0.4 is 5.32 Å². The molecule has 0 bridgehead atoms. The van der Waals surface area contributed by atoms with Crippen molar-refractivity contribution in [3.8, 4) is 0 Å². The molecule has 2 aromatic rings. The van der Waals surface area contributed by atoms with Crippen molar-refractivity contribution in [2.75, 3.05) is 0 Å². The fourth-order valence-electron chi connectivity index (χ4n) is 3.01. The minimum atomic E-state index is -0.987. The van der Waals surface area contributed by atoms with Crippen molar-refractivity contribution in [3.63, 3.8) is 0 Å². The molecule has 1 amide bonds. The fraction of sp³-hybridized carbons (Fsp3) is 0.522. The van der Waals surface area contributed by atoms with Crippen molar-refractivity contribution in [1.29, 1.82) is 0 Å². The van der Waals surface area contributed by atoms with Gasteiger partial charge in [-0.05, 0) is 45.2 Å². The molecule has 1 atom stereocenters. The van der Waals surface area contributed by atoms with Crippen LogP contribution in [0.25, 0.3) is 10.9 Å². The van der Waals surface area contributed by atoms with Crippen molar-refractivity contribution in [2.24, 2.45) is 10.8 Å². The van der Waals surface area contributed by atoms with E-state index in [0.717, 1.165) is 16.5 Å². The maximum atomic E-state index is 12.6. The molecule has 1 aromatic carbocycles. The summed E-state index contributed by atoms with van der Waals surface area (Å²) >= 11 is 0. The average Bonchev–Trinajstić information content (AvgIpc) is 3.01. The number of H-pyrrole nitrogens is 1. The van der Waals surface area contributed by atoms with Crippen LogP contribution in [0.15, 0.2) is 30.5 Å². The van der Waals surface area contributed by atoms with E-state index in [1.54, 1.807) is 13.8 Å². The number of rotatable bonds is 8. The van der Waals surface area contributed by atoms with Gasteiger partial charge in [0.05, 0.1) is 5.41 Å². The summed E-state index contributed by atoms with van der Waals surface area (Å²) < 4.78 is 0. The Hall–Kier alpha value is -2.43. The maximum absolute atomic E-state index is 12.6. The summed E-state index contributed by atoms with van der Waals surface area (Å²) in [6, 6.07) is 7.84. The van der Waals surface area contributed by atoms with Crippen LogP contribution in [0.4, 0.5) is 0 Å². The van der Waals surface area contributed by atoms with Crippen LogP contribution in [-0.2, 0) is 20.8 Å². The third kappa shape index (κ3) is 5.09. The molecule has 0 saturated carbocycles. The van der Waals surface area contributed by atoms with Crippen molar-refractivity contribution in [2.45, 2.75) is 66.8 Å². The summed E-state index contributed by atoms with van der Waals surface area (Å²) in [6.07, 6.45) is 3.34. The lowest BCUT2D eigenvalue weighted by Gasteiger charge is -2.26. The zero-order valence-corrected chi connectivity index (χ0v) is 17.8. The number of fused-ring (bicyclic) bond motifs is 1. The molecule has 0 aliphatic heterocycles. The Morgan fingerprint density at radius 2 is 1.71 bits per heavy atom. The first-order valence-corrected chi connectivity index (χ1v) is 9.83. The Balaban J connectivity index is 2.18. The molecule has 1 aromatic heterocycles. The summed E-state index contributed by atoms with van der Waals surface area (Å²) in [6.45, 7) is 10.4. The van der Waals surface area contributed by atoms with E-state index in [-0.39, 0.29) is 29.9 Å². The second-order valence-corrected chi connectivity index (χ2v) is 9.13. The number of hydrogen-bond donors (Lipinski definition) is 2. The molecule has 2 N–H and O–H groups in total. The van der Waals surface area contributed by atoms with Gasteiger partial charge in [0.15, 0.2) is 0 Å². The van der Waals surface area contributed by atoms with Gasteiger partial charge in [0, 0.05) is 35.0 Å². The van der Waals surface area contributed by atoms with Gasteiger partial charge in [0.2, 0.25) is 5.91 Å². The molecule has 0 spiro atoms. The first-order valence-electron chi connectivity index (χ1n) is 9.83. The quantitative estimate of drug-likeness (QED) is 0.669. The van der Waals surface area contributed by atoms with Gasteiger partial charge >= 0.3 is 0 Å². The number of Topliss-reactive ketones (excluding diaryl/α,β-unsaturated/α-hetero) is 2. The maximum Gasteiger partial charge on any atom is 0.225 e. The smallest absolute Gasteiger partial charge is 0.225 e. The molecule has 0 radical (unpaired) electrons. The zero-order valence-electron chi connectivity index (χ0n) is 17.8. The molecule has 0 unspecified atom stereocenters. The summed E-state index contributed by atoms with van der Waals surface area (Å²) in [5.41, 5.74) is 0.654. The SMILES string of the molecule is CC(=O)C(C)(C)C(=O)CC[C@@H](Cc1c[nH]c2ccccc12)NC(=O)C(C)(C)C. The normalized spacial score (nSPS) is 13.4. The van der Waals surface area contributed by atoms with Crippen molar-refractivity contribution in [1.82, 2.24) is 10.3 Å². The predicted octanol–water partition coefficient (Wildman–Crippen LogP) is 4.21. The lowest BCUT2D eigenvalue weighted by atomic mass is 9.81. The number of ketones is 2. The van der Waals surface area contributed by atoms with E-state index in [2.05, 4.69) is 10.3 Å². The number of para-hydroxylation sites is 1. The van der Waals surface area contributed by atoms with Crippen molar-refractivity contribution in [3.05, 3.63) is 36.0 Å². The van der Waals surface area contributed by atoms with Gasteiger partial charge in [0.25, 0.3) is 0 Å². The van der Waals surface area contributed by atoms with Crippen LogP contribution >= 0.6 is 0 Å². The van der Waals surface area contributed by atoms with Crippen LogP contribution in [0.3, 0.4) is 0 Å². The zero-order chi connectivity index (χ0) is 21.1. The molecule has 28 heavy (non-hydrogen) atoms. The monoisotopic (exact) mass is 384 g/mol. The number of benzene rings is 1. The number of nitrogens with one attached hydrogen (secondary N) is 2.